The van der Waals surface area contributed by atoms with Gasteiger partial charge < -0.3 is 9.15 Å². The molecule has 1 amide bonds. The van der Waals surface area contributed by atoms with Gasteiger partial charge >= 0.3 is 0 Å². The summed E-state index contributed by atoms with van der Waals surface area (Å²) in [6.45, 7) is 6.17. The molecule has 3 aromatic carbocycles. The number of aryl methyl sites for hydroxylation is 2. The second-order valence-corrected chi connectivity index (χ2v) is 8.46. The lowest BCUT2D eigenvalue weighted by molar-refractivity contribution is -0.384. The smallest absolute Gasteiger partial charge is 0.295 e. The summed E-state index contributed by atoms with van der Waals surface area (Å²) in [5, 5.41) is 11.8. The molecule has 176 valence electrons. The Morgan fingerprint density at radius 1 is 1.03 bits per heavy atom. The van der Waals surface area contributed by atoms with E-state index in [9.17, 15) is 19.7 Å². The van der Waals surface area contributed by atoms with Gasteiger partial charge in [0.05, 0.1) is 28.5 Å². The Kier molecular flexibility index (Phi) is 5.36. The van der Waals surface area contributed by atoms with Crippen LogP contribution in [0, 0.1) is 24.0 Å². The van der Waals surface area contributed by atoms with Crippen molar-refractivity contribution in [2.75, 3.05) is 11.5 Å². The van der Waals surface area contributed by atoms with Crippen LogP contribution in [0.5, 0.6) is 5.75 Å². The molecule has 1 unspecified atom stereocenters. The molecular formula is C27H22N2O6. The van der Waals surface area contributed by atoms with Crippen LogP contribution in [0.1, 0.15) is 45.8 Å². The van der Waals surface area contributed by atoms with Crippen LogP contribution in [-0.2, 0) is 0 Å². The van der Waals surface area contributed by atoms with Crippen LogP contribution < -0.4 is 15.1 Å². The molecule has 0 radical (unpaired) electrons. The minimum Gasteiger partial charge on any atom is -0.494 e. The summed E-state index contributed by atoms with van der Waals surface area (Å²) in [5.41, 5.74) is 2.84. The summed E-state index contributed by atoms with van der Waals surface area (Å²) in [5.74, 6) is 0.0900. The van der Waals surface area contributed by atoms with Crippen molar-refractivity contribution in [1.82, 2.24) is 0 Å². The van der Waals surface area contributed by atoms with Gasteiger partial charge in [-0.05, 0) is 73.9 Å². The number of carbonyl (C=O) groups is 1. The van der Waals surface area contributed by atoms with Crippen LogP contribution >= 0.6 is 0 Å². The summed E-state index contributed by atoms with van der Waals surface area (Å²) < 4.78 is 11.5. The minimum absolute atomic E-state index is 0.0591. The number of hydrogen-bond donors (Lipinski definition) is 0. The third kappa shape index (κ3) is 3.63. The van der Waals surface area contributed by atoms with Crippen molar-refractivity contribution in [1.29, 1.82) is 0 Å². The molecule has 8 heteroatoms. The van der Waals surface area contributed by atoms with Crippen molar-refractivity contribution in [3.63, 3.8) is 0 Å². The molecule has 0 spiro atoms. The van der Waals surface area contributed by atoms with Crippen molar-refractivity contribution >= 4 is 28.3 Å². The number of carbonyl (C=O) groups excluding carboxylic acids is 1. The van der Waals surface area contributed by atoms with E-state index >= 15 is 0 Å². The third-order valence-electron chi connectivity index (χ3n) is 6.31. The first-order valence-electron chi connectivity index (χ1n) is 11.2. The Bertz CT molecular complexity index is 1550. The lowest BCUT2D eigenvalue weighted by Gasteiger charge is -2.25. The minimum atomic E-state index is -0.891. The lowest BCUT2D eigenvalue weighted by atomic mass is 9.97. The molecule has 5 rings (SSSR count). The maximum Gasteiger partial charge on any atom is 0.295 e. The first kappa shape index (κ1) is 22.3. The van der Waals surface area contributed by atoms with Gasteiger partial charge in [0, 0.05) is 17.8 Å². The van der Waals surface area contributed by atoms with E-state index in [1.54, 1.807) is 48.5 Å². The fraction of sp³-hybridized carbons (Fsp3) is 0.185. The fourth-order valence-corrected chi connectivity index (χ4v) is 4.49. The van der Waals surface area contributed by atoms with Gasteiger partial charge in [-0.25, -0.2) is 0 Å². The zero-order valence-corrected chi connectivity index (χ0v) is 19.4. The second-order valence-electron chi connectivity index (χ2n) is 8.46. The van der Waals surface area contributed by atoms with E-state index in [2.05, 4.69) is 0 Å². The predicted molar refractivity (Wildman–Crippen MR) is 131 cm³/mol. The number of amides is 1. The summed E-state index contributed by atoms with van der Waals surface area (Å²) in [6.07, 6.45) is 0. The van der Waals surface area contributed by atoms with Gasteiger partial charge in [-0.15, -0.1) is 0 Å². The van der Waals surface area contributed by atoms with Crippen molar-refractivity contribution in [3.8, 4) is 5.75 Å². The van der Waals surface area contributed by atoms with Gasteiger partial charge in [0.1, 0.15) is 11.3 Å². The quantitative estimate of drug-likeness (QED) is 0.283. The second kappa shape index (κ2) is 8.39. The molecule has 1 aliphatic rings. The number of hydrogen-bond acceptors (Lipinski definition) is 6. The van der Waals surface area contributed by atoms with Gasteiger partial charge in [-0.2, -0.15) is 0 Å². The molecule has 4 aromatic rings. The van der Waals surface area contributed by atoms with Crippen molar-refractivity contribution in [2.24, 2.45) is 0 Å². The number of ether oxygens (including phenoxy) is 1. The molecule has 0 saturated heterocycles. The summed E-state index contributed by atoms with van der Waals surface area (Å²) >= 11 is 0. The highest BCUT2D eigenvalue weighted by atomic mass is 16.6. The van der Waals surface area contributed by atoms with Crippen molar-refractivity contribution in [3.05, 3.63) is 109 Å². The molecule has 1 atom stereocenters. The number of non-ortho nitro benzene ring substituents is 1. The summed E-state index contributed by atoms with van der Waals surface area (Å²) in [4.78, 5) is 39.9. The molecule has 8 nitrogen and oxygen atoms in total. The highest BCUT2D eigenvalue weighted by Crippen LogP contribution is 2.42. The molecule has 0 aliphatic carbocycles. The number of anilines is 1. The van der Waals surface area contributed by atoms with Gasteiger partial charge in [0.25, 0.3) is 11.6 Å². The third-order valence-corrected chi connectivity index (χ3v) is 6.31. The predicted octanol–water partition coefficient (Wildman–Crippen LogP) is 5.47. The van der Waals surface area contributed by atoms with Gasteiger partial charge in [-0.3, -0.25) is 24.6 Å². The fourth-order valence-electron chi connectivity index (χ4n) is 4.49. The molecule has 0 fully saturated rings. The van der Waals surface area contributed by atoms with E-state index < -0.39 is 16.9 Å². The van der Waals surface area contributed by atoms with Crippen molar-refractivity contribution in [2.45, 2.75) is 26.8 Å². The van der Waals surface area contributed by atoms with Crippen LogP contribution in [0.25, 0.3) is 11.0 Å². The number of nitro benzene ring substituents is 1. The molecule has 2 heterocycles. The van der Waals surface area contributed by atoms with Gasteiger partial charge in [0.2, 0.25) is 5.76 Å². The number of rotatable bonds is 5. The normalized spacial score (nSPS) is 14.9. The number of nitro groups is 1. The topological polar surface area (TPSA) is 103 Å². The van der Waals surface area contributed by atoms with Gasteiger partial charge in [0.15, 0.2) is 5.43 Å². The standard InChI is InChI=1S/C27H22N2O6/c1-4-34-20-10-8-18(9-11-20)28-24(17-6-5-7-19(14-17)29(32)33)23-25(30)21-12-15(2)16(3)13-22(21)35-26(23)27(28)31/h5-14,24H,4H2,1-3H3. The van der Waals surface area contributed by atoms with E-state index in [1.165, 1.54) is 17.0 Å². The lowest BCUT2D eigenvalue weighted by Crippen LogP contribution is -2.29. The highest BCUT2D eigenvalue weighted by molar-refractivity contribution is 6.10. The molecule has 1 aromatic heterocycles. The Labute approximate surface area is 200 Å². The summed E-state index contributed by atoms with van der Waals surface area (Å²) in [7, 11) is 0. The Hall–Kier alpha value is -4.46. The Morgan fingerprint density at radius 3 is 2.43 bits per heavy atom. The first-order chi connectivity index (χ1) is 16.8. The summed E-state index contributed by atoms with van der Waals surface area (Å²) in [6, 6.07) is 15.5. The monoisotopic (exact) mass is 470 g/mol. The van der Waals surface area contributed by atoms with Crippen LogP contribution in [0.2, 0.25) is 0 Å². The first-order valence-corrected chi connectivity index (χ1v) is 11.2. The average Bonchev–Trinajstić information content (AvgIpc) is 3.14. The zero-order valence-electron chi connectivity index (χ0n) is 19.4. The highest BCUT2D eigenvalue weighted by Gasteiger charge is 2.44. The maximum absolute atomic E-state index is 13.8. The Morgan fingerprint density at radius 2 is 1.74 bits per heavy atom. The van der Waals surface area contributed by atoms with Crippen molar-refractivity contribution < 1.29 is 18.9 Å². The SMILES string of the molecule is CCOc1ccc(N2C(=O)c3oc4cc(C)c(C)cc4c(=O)c3C2c2cccc([N+](=O)[O-])c2)cc1. The van der Waals surface area contributed by atoms with E-state index in [4.69, 9.17) is 9.15 Å². The van der Waals surface area contributed by atoms with Gasteiger partial charge in [-0.1, -0.05) is 12.1 Å². The van der Waals surface area contributed by atoms with Crippen LogP contribution in [-0.4, -0.2) is 17.4 Å². The van der Waals surface area contributed by atoms with Crippen LogP contribution in [0.4, 0.5) is 11.4 Å². The van der Waals surface area contributed by atoms with E-state index in [-0.39, 0.29) is 22.4 Å². The van der Waals surface area contributed by atoms with Crippen LogP contribution in [0.3, 0.4) is 0 Å². The van der Waals surface area contributed by atoms with E-state index in [1.807, 2.05) is 20.8 Å². The molecule has 0 bridgehead atoms. The molecule has 0 saturated carbocycles. The van der Waals surface area contributed by atoms with E-state index in [0.29, 0.717) is 34.6 Å². The maximum atomic E-state index is 13.8. The molecule has 0 N–H and O–H groups in total. The zero-order chi connectivity index (χ0) is 24.9. The number of nitrogens with zero attached hydrogens (tertiary/aromatic N) is 2. The number of fused-ring (bicyclic) bond motifs is 2. The number of benzene rings is 3. The molecule has 35 heavy (non-hydrogen) atoms. The Balaban J connectivity index is 1.77. The molecule has 1 aliphatic heterocycles. The molecular weight excluding hydrogens is 448 g/mol. The van der Waals surface area contributed by atoms with E-state index in [0.717, 1.165) is 11.1 Å². The van der Waals surface area contributed by atoms with Crippen LogP contribution in [0.15, 0.2) is 69.9 Å². The average molecular weight is 470 g/mol. The largest absolute Gasteiger partial charge is 0.494 e.